The third-order valence-corrected chi connectivity index (χ3v) is 4.78. The predicted molar refractivity (Wildman–Crippen MR) is 80.5 cm³/mol. The molecular weight excluding hydrogens is 305 g/mol. The van der Waals surface area contributed by atoms with Crippen LogP contribution >= 0.6 is 34.8 Å². The average Bonchev–Trinajstić information content (AvgIpc) is 2.38. The van der Waals surface area contributed by atoms with Gasteiger partial charge in [0.2, 0.25) is 0 Å². The van der Waals surface area contributed by atoms with Gasteiger partial charge in [-0.15, -0.1) is 11.6 Å². The molecule has 1 aromatic rings. The summed E-state index contributed by atoms with van der Waals surface area (Å²) >= 11 is 18.5. The van der Waals surface area contributed by atoms with Crippen LogP contribution in [0.15, 0.2) is 18.2 Å². The average molecular weight is 321 g/mol. The first-order valence-corrected chi connectivity index (χ1v) is 7.57. The monoisotopic (exact) mass is 319 g/mol. The molecule has 1 aromatic carbocycles. The summed E-state index contributed by atoms with van der Waals surface area (Å²) in [4.78, 5) is 14.2. The Hall–Kier alpha value is -0.440. The highest BCUT2D eigenvalue weighted by Crippen LogP contribution is 2.30. The molecule has 1 fully saturated rings. The van der Waals surface area contributed by atoms with E-state index < -0.39 is 0 Å². The number of nitrogens with zero attached hydrogens (tertiary/aromatic N) is 1. The minimum atomic E-state index is -0.159. The van der Waals surface area contributed by atoms with Crippen LogP contribution in [-0.4, -0.2) is 29.3 Å². The first-order valence-electron chi connectivity index (χ1n) is 6.37. The number of hydrogen-bond donors (Lipinski definition) is 0. The van der Waals surface area contributed by atoms with Crippen molar-refractivity contribution in [1.82, 2.24) is 4.90 Å². The number of hydrogen-bond acceptors (Lipinski definition) is 1. The number of benzene rings is 1. The van der Waals surface area contributed by atoms with Crippen molar-refractivity contribution in [2.45, 2.75) is 37.1 Å². The quantitative estimate of drug-likeness (QED) is 0.728. The lowest BCUT2D eigenvalue weighted by Crippen LogP contribution is -2.44. The molecule has 1 aliphatic carbocycles. The highest BCUT2D eigenvalue weighted by Gasteiger charge is 2.31. The van der Waals surface area contributed by atoms with Crippen molar-refractivity contribution in [2.24, 2.45) is 0 Å². The second-order valence-corrected chi connectivity index (χ2v) is 6.26. The van der Waals surface area contributed by atoms with Gasteiger partial charge in [-0.1, -0.05) is 42.1 Å². The molecule has 2 atom stereocenters. The fourth-order valence-corrected chi connectivity index (χ4v) is 3.54. The fraction of sp³-hybridized carbons (Fsp3) is 0.500. The number of amides is 1. The molecule has 0 aliphatic heterocycles. The van der Waals surface area contributed by atoms with E-state index >= 15 is 0 Å². The van der Waals surface area contributed by atoms with Crippen LogP contribution in [0.4, 0.5) is 0 Å². The van der Waals surface area contributed by atoms with Crippen LogP contribution in [0.25, 0.3) is 0 Å². The Balaban J connectivity index is 2.23. The number of alkyl halides is 1. The molecule has 2 nitrogen and oxygen atoms in total. The minimum Gasteiger partial charge on any atom is -0.337 e. The van der Waals surface area contributed by atoms with Gasteiger partial charge in [0.25, 0.3) is 5.91 Å². The van der Waals surface area contributed by atoms with Crippen molar-refractivity contribution < 1.29 is 4.79 Å². The zero-order chi connectivity index (χ0) is 14.0. The molecule has 2 unspecified atom stereocenters. The molecule has 1 saturated carbocycles. The van der Waals surface area contributed by atoms with Crippen LogP contribution in [0.5, 0.6) is 0 Å². The SMILES string of the molecule is CN(C(=O)c1c(Cl)cccc1Cl)C1CCCCC1Cl. The molecule has 0 spiro atoms. The van der Waals surface area contributed by atoms with Crippen molar-refractivity contribution >= 4 is 40.7 Å². The largest absolute Gasteiger partial charge is 0.337 e. The van der Waals surface area contributed by atoms with E-state index in [1.807, 2.05) is 0 Å². The maximum absolute atomic E-state index is 12.5. The second-order valence-electron chi connectivity index (χ2n) is 4.88. The summed E-state index contributed by atoms with van der Waals surface area (Å²) in [6, 6.07) is 5.13. The third-order valence-electron chi connectivity index (χ3n) is 3.64. The maximum Gasteiger partial charge on any atom is 0.256 e. The van der Waals surface area contributed by atoms with Gasteiger partial charge in [-0.25, -0.2) is 0 Å². The Morgan fingerprint density at radius 3 is 2.37 bits per heavy atom. The van der Waals surface area contributed by atoms with Gasteiger partial charge in [0, 0.05) is 13.1 Å². The molecule has 0 bridgehead atoms. The van der Waals surface area contributed by atoms with Crippen molar-refractivity contribution in [3.8, 4) is 0 Å². The van der Waals surface area contributed by atoms with E-state index in [2.05, 4.69) is 0 Å². The van der Waals surface area contributed by atoms with E-state index in [-0.39, 0.29) is 17.3 Å². The topological polar surface area (TPSA) is 20.3 Å². The van der Waals surface area contributed by atoms with Gasteiger partial charge in [0.05, 0.1) is 21.0 Å². The van der Waals surface area contributed by atoms with Crippen molar-refractivity contribution in [3.05, 3.63) is 33.8 Å². The molecular formula is C14H16Cl3NO. The van der Waals surface area contributed by atoms with Gasteiger partial charge < -0.3 is 4.90 Å². The molecule has 0 aromatic heterocycles. The van der Waals surface area contributed by atoms with Crippen molar-refractivity contribution in [1.29, 1.82) is 0 Å². The molecule has 104 valence electrons. The smallest absolute Gasteiger partial charge is 0.256 e. The van der Waals surface area contributed by atoms with Crippen LogP contribution in [0.1, 0.15) is 36.0 Å². The zero-order valence-electron chi connectivity index (χ0n) is 10.7. The summed E-state index contributed by atoms with van der Waals surface area (Å²) < 4.78 is 0. The molecule has 2 rings (SSSR count). The molecule has 1 aliphatic rings. The number of rotatable bonds is 2. The summed E-state index contributed by atoms with van der Waals surface area (Å²) in [5.41, 5.74) is 0.364. The van der Waals surface area contributed by atoms with Crippen LogP contribution in [0, 0.1) is 0 Å². The molecule has 0 radical (unpaired) electrons. The van der Waals surface area contributed by atoms with Gasteiger partial charge in [0.1, 0.15) is 0 Å². The summed E-state index contributed by atoms with van der Waals surface area (Å²) in [7, 11) is 1.77. The molecule has 1 amide bonds. The van der Waals surface area contributed by atoms with Crippen molar-refractivity contribution in [3.63, 3.8) is 0 Å². The highest BCUT2D eigenvalue weighted by molar-refractivity contribution is 6.39. The van der Waals surface area contributed by atoms with E-state index in [9.17, 15) is 4.79 Å². The lowest BCUT2D eigenvalue weighted by atomic mass is 9.93. The van der Waals surface area contributed by atoms with Crippen molar-refractivity contribution in [2.75, 3.05) is 7.05 Å². The number of halogens is 3. The predicted octanol–water partition coefficient (Wildman–Crippen LogP) is 4.62. The first kappa shape index (κ1) is 15.0. The van der Waals surface area contributed by atoms with E-state index in [1.54, 1.807) is 30.1 Å². The highest BCUT2D eigenvalue weighted by atomic mass is 35.5. The van der Waals surface area contributed by atoms with E-state index in [4.69, 9.17) is 34.8 Å². The van der Waals surface area contributed by atoms with E-state index in [1.165, 1.54) is 0 Å². The molecule has 0 N–H and O–H groups in total. The maximum atomic E-state index is 12.5. The van der Waals surface area contributed by atoms with Crippen LogP contribution in [-0.2, 0) is 0 Å². The van der Waals surface area contributed by atoms with Gasteiger partial charge >= 0.3 is 0 Å². The summed E-state index contributed by atoms with van der Waals surface area (Å²) in [6.45, 7) is 0. The lowest BCUT2D eigenvalue weighted by Gasteiger charge is -2.35. The van der Waals surface area contributed by atoms with E-state index in [0.717, 1.165) is 25.7 Å². The molecule has 19 heavy (non-hydrogen) atoms. The summed E-state index contributed by atoms with van der Waals surface area (Å²) in [5, 5.41) is 0.765. The summed E-state index contributed by atoms with van der Waals surface area (Å²) in [5.74, 6) is -0.159. The Kier molecular flexibility index (Phi) is 4.99. The second kappa shape index (κ2) is 6.34. The minimum absolute atomic E-state index is 0.00367. The van der Waals surface area contributed by atoms with Gasteiger partial charge in [-0.2, -0.15) is 0 Å². The number of carbonyl (C=O) groups is 1. The summed E-state index contributed by atoms with van der Waals surface area (Å²) in [6.07, 6.45) is 4.10. The van der Waals surface area contributed by atoms with Crippen LogP contribution < -0.4 is 0 Å². The third kappa shape index (κ3) is 3.18. The Morgan fingerprint density at radius 2 is 1.79 bits per heavy atom. The van der Waals surface area contributed by atoms with Gasteiger partial charge in [-0.3, -0.25) is 4.79 Å². The standard InChI is InChI=1S/C14H16Cl3NO/c1-18(12-8-3-2-5-9(12)15)14(19)13-10(16)6-4-7-11(13)17/h4,6-7,9,12H,2-3,5,8H2,1H3. The normalized spacial score (nSPS) is 23.2. The lowest BCUT2D eigenvalue weighted by molar-refractivity contribution is 0.0700. The fourth-order valence-electron chi connectivity index (χ4n) is 2.53. The first-order chi connectivity index (χ1) is 9.02. The number of carbonyl (C=O) groups excluding carboxylic acids is 1. The molecule has 0 heterocycles. The Labute approximate surface area is 128 Å². The van der Waals surface area contributed by atoms with Gasteiger partial charge in [0.15, 0.2) is 0 Å². The zero-order valence-corrected chi connectivity index (χ0v) is 13.0. The van der Waals surface area contributed by atoms with Crippen LogP contribution in [0.3, 0.4) is 0 Å². The molecule has 0 saturated heterocycles. The van der Waals surface area contributed by atoms with E-state index in [0.29, 0.717) is 15.6 Å². The Bertz CT molecular complexity index is 458. The van der Waals surface area contributed by atoms with Gasteiger partial charge in [-0.05, 0) is 25.0 Å². The molecule has 5 heteroatoms. The Morgan fingerprint density at radius 1 is 1.21 bits per heavy atom. The van der Waals surface area contributed by atoms with Crippen LogP contribution in [0.2, 0.25) is 10.0 Å².